The number of anilines is 1. The fourth-order valence-electron chi connectivity index (χ4n) is 3.33. The first kappa shape index (κ1) is 22.0. The topological polar surface area (TPSA) is 75.4 Å². The van der Waals surface area contributed by atoms with Gasteiger partial charge in [0.1, 0.15) is 11.8 Å². The Hall–Kier alpha value is -1.70. The van der Waals surface area contributed by atoms with Crippen LogP contribution in [-0.2, 0) is 15.3 Å². The van der Waals surface area contributed by atoms with E-state index in [4.69, 9.17) is 27.7 Å². The number of nitrogens with one attached hydrogen (secondary N) is 1. The van der Waals surface area contributed by atoms with Crippen LogP contribution in [0.1, 0.15) is 36.3 Å². The lowest BCUT2D eigenvalue weighted by Crippen LogP contribution is -2.50. The first-order valence-electron chi connectivity index (χ1n) is 9.41. The smallest absolute Gasteiger partial charge is 0.247 e. The van der Waals surface area contributed by atoms with Crippen molar-refractivity contribution < 1.29 is 14.1 Å². The number of thioether (sulfide) groups is 1. The molecule has 1 N–H and O–H groups in total. The Bertz CT molecular complexity index is 884. The van der Waals surface area contributed by atoms with Crippen LogP contribution in [0.2, 0.25) is 10.0 Å². The molecule has 1 atom stereocenters. The van der Waals surface area contributed by atoms with Crippen molar-refractivity contribution >= 4 is 52.5 Å². The van der Waals surface area contributed by atoms with E-state index in [-0.39, 0.29) is 11.8 Å². The number of piperidine rings is 1. The van der Waals surface area contributed by atoms with Crippen molar-refractivity contribution in [3.8, 4) is 0 Å². The lowest BCUT2D eigenvalue weighted by Gasteiger charge is -2.34. The molecule has 2 amide bonds. The highest BCUT2D eigenvalue weighted by Gasteiger charge is 2.32. The first-order chi connectivity index (χ1) is 13.9. The Morgan fingerprint density at radius 3 is 2.76 bits per heavy atom. The van der Waals surface area contributed by atoms with Crippen LogP contribution in [0.25, 0.3) is 0 Å². The zero-order valence-electron chi connectivity index (χ0n) is 16.3. The summed E-state index contributed by atoms with van der Waals surface area (Å²) in [4.78, 5) is 27.3. The van der Waals surface area contributed by atoms with E-state index >= 15 is 0 Å². The van der Waals surface area contributed by atoms with E-state index in [1.54, 1.807) is 23.1 Å². The number of hydrogen-bond acceptors (Lipinski definition) is 5. The maximum atomic E-state index is 12.8. The number of amides is 2. The second-order valence-electron chi connectivity index (χ2n) is 7.01. The molecule has 0 aliphatic carbocycles. The summed E-state index contributed by atoms with van der Waals surface area (Å²) in [7, 11) is 0. The van der Waals surface area contributed by atoms with E-state index in [0.717, 1.165) is 29.9 Å². The summed E-state index contributed by atoms with van der Waals surface area (Å²) in [5.74, 6) is 1.50. The van der Waals surface area contributed by atoms with Crippen LogP contribution in [0.4, 0.5) is 5.69 Å². The number of aromatic nitrogens is 1. The Balaban J connectivity index is 1.59. The van der Waals surface area contributed by atoms with Gasteiger partial charge in [-0.25, -0.2) is 0 Å². The van der Waals surface area contributed by atoms with Gasteiger partial charge >= 0.3 is 0 Å². The molecule has 1 saturated heterocycles. The molecule has 0 saturated carbocycles. The molecule has 2 aromatic rings. The highest BCUT2D eigenvalue weighted by Crippen LogP contribution is 2.26. The lowest BCUT2D eigenvalue weighted by atomic mass is 10.0. The number of aryl methyl sites for hydroxylation is 2. The summed E-state index contributed by atoms with van der Waals surface area (Å²) in [6.07, 6.45) is 2.46. The molecule has 1 aromatic carbocycles. The zero-order valence-corrected chi connectivity index (χ0v) is 18.7. The number of carbonyl (C=O) groups excluding carboxylic acids is 2. The maximum absolute atomic E-state index is 12.8. The van der Waals surface area contributed by atoms with Crippen LogP contribution in [0.5, 0.6) is 0 Å². The molecule has 0 spiro atoms. The minimum Gasteiger partial charge on any atom is -0.361 e. The number of carbonyl (C=O) groups is 2. The van der Waals surface area contributed by atoms with Crippen LogP contribution in [0.3, 0.4) is 0 Å². The molecule has 1 fully saturated rings. The van der Waals surface area contributed by atoms with Gasteiger partial charge in [-0.1, -0.05) is 28.4 Å². The van der Waals surface area contributed by atoms with Gasteiger partial charge in [-0.05, 0) is 51.3 Å². The van der Waals surface area contributed by atoms with Crippen LogP contribution in [-0.4, -0.2) is 40.2 Å². The summed E-state index contributed by atoms with van der Waals surface area (Å²) in [6.45, 7) is 4.35. The van der Waals surface area contributed by atoms with Crippen molar-refractivity contribution in [2.75, 3.05) is 17.6 Å². The molecular weight excluding hydrogens is 433 g/mol. The van der Waals surface area contributed by atoms with E-state index in [0.29, 0.717) is 40.2 Å². The Kier molecular flexibility index (Phi) is 7.49. The third-order valence-electron chi connectivity index (χ3n) is 4.97. The number of nitrogens with zero attached hydrogens (tertiary/aromatic N) is 2. The molecule has 0 radical (unpaired) electrons. The lowest BCUT2D eigenvalue weighted by molar-refractivity contribution is -0.138. The number of hydrogen-bond donors (Lipinski definition) is 1. The van der Waals surface area contributed by atoms with E-state index in [1.165, 1.54) is 11.8 Å². The van der Waals surface area contributed by atoms with Crippen molar-refractivity contribution in [1.29, 1.82) is 0 Å². The molecule has 1 unspecified atom stereocenters. The Labute approximate surface area is 184 Å². The number of likely N-dealkylation sites (tertiary alicyclic amines) is 1. The standard InChI is InChI=1S/C20H23Cl2N3O3S/c1-12-15(13(2)28-24-12)10-29-11-19(26)25-8-4-3-5-18(25)20(27)23-14-6-7-16(21)17(22)9-14/h6-7,9,18H,3-5,8,10-11H2,1-2H3,(H,23,27). The van der Waals surface area contributed by atoms with Gasteiger partial charge in [0.15, 0.2) is 0 Å². The fraction of sp³-hybridized carbons (Fsp3) is 0.450. The summed E-state index contributed by atoms with van der Waals surface area (Å²) in [5, 5.41) is 7.59. The molecule has 0 bridgehead atoms. The predicted molar refractivity (Wildman–Crippen MR) is 117 cm³/mol. The van der Waals surface area contributed by atoms with Crippen LogP contribution in [0.15, 0.2) is 22.7 Å². The molecular formula is C20H23Cl2N3O3S. The quantitative estimate of drug-likeness (QED) is 0.673. The second kappa shape index (κ2) is 9.87. The highest BCUT2D eigenvalue weighted by molar-refractivity contribution is 7.99. The fourth-order valence-corrected chi connectivity index (χ4v) is 4.69. The monoisotopic (exact) mass is 455 g/mol. The summed E-state index contributed by atoms with van der Waals surface area (Å²) in [6, 6.07) is 4.45. The van der Waals surface area contributed by atoms with E-state index in [2.05, 4.69) is 10.5 Å². The minimum atomic E-state index is -0.481. The van der Waals surface area contributed by atoms with Gasteiger partial charge in [-0.2, -0.15) is 0 Å². The van der Waals surface area contributed by atoms with Crippen molar-refractivity contribution in [1.82, 2.24) is 10.1 Å². The van der Waals surface area contributed by atoms with Crippen LogP contribution in [0, 0.1) is 13.8 Å². The van der Waals surface area contributed by atoms with Crippen LogP contribution < -0.4 is 5.32 Å². The van der Waals surface area contributed by atoms with Gasteiger partial charge in [-0.15, -0.1) is 11.8 Å². The normalized spacial score (nSPS) is 16.7. The molecule has 29 heavy (non-hydrogen) atoms. The molecule has 1 aromatic heterocycles. The predicted octanol–water partition coefficient (Wildman–Crippen LogP) is 4.85. The zero-order chi connectivity index (χ0) is 21.0. The largest absolute Gasteiger partial charge is 0.361 e. The minimum absolute atomic E-state index is 0.0317. The molecule has 1 aliphatic rings. The summed E-state index contributed by atoms with van der Waals surface area (Å²) < 4.78 is 5.16. The average Bonchev–Trinajstić information content (AvgIpc) is 3.02. The van der Waals surface area contributed by atoms with Crippen molar-refractivity contribution in [3.05, 3.63) is 45.3 Å². The molecule has 3 rings (SSSR count). The average molecular weight is 456 g/mol. The van der Waals surface area contributed by atoms with Gasteiger partial charge in [0.25, 0.3) is 0 Å². The number of benzene rings is 1. The third-order valence-corrected chi connectivity index (χ3v) is 6.65. The first-order valence-corrected chi connectivity index (χ1v) is 11.3. The summed E-state index contributed by atoms with van der Waals surface area (Å²) in [5.41, 5.74) is 2.44. The Morgan fingerprint density at radius 2 is 2.07 bits per heavy atom. The van der Waals surface area contributed by atoms with Crippen molar-refractivity contribution in [3.63, 3.8) is 0 Å². The molecule has 156 valence electrons. The highest BCUT2D eigenvalue weighted by atomic mass is 35.5. The SMILES string of the molecule is Cc1noc(C)c1CSCC(=O)N1CCCCC1C(=O)Nc1ccc(Cl)c(Cl)c1. The molecule has 2 heterocycles. The molecule has 6 nitrogen and oxygen atoms in total. The molecule has 9 heteroatoms. The van der Waals surface area contributed by atoms with Gasteiger partial charge in [0, 0.05) is 23.5 Å². The van der Waals surface area contributed by atoms with E-state index in [1.807, 2.05) is 13.8 Å². The Morgan fingerprint density at radius 1 is 1.28 bits per heavy atom. The van der Waals surface area contributed by atoms with E-state index in [9.17, 15) is 9.59 Å². The second-order valence-corrected chi connectivity index (χ2v) is 8.81. The van der Waals surface area contributed by atoms with Crippen molar-refractivity contribution in [2.24, 2.45) is 0 Å². The van der Waals surface area contributed by atoms with Gasteiger partial charge in [-0.3, -0.25) is 9.59 Å². The molecule has 1 aliphatic heterocycles. The number of rotatable bonds is 6. The van der Waals surface area contributed by atoms with Gasteiger partial charge in [0.05, 0.1) is 21.5 Å². The van der Waals surface area contributed by atoms with E-state index < -0.39 is 6.04 Å². The summed E-state index contributed by atoms with van der Waals surface area (Å²) >= 11 is 13.5. The number of halogens is 2. The van der Waals surface area contributed by atoms with Crippen molar-refractivity contribution in [2.45, 2.75) is 44.9 Å². The third kappa shape index (κ3) is 5.47. The van der Waals surface area contributed by atoms with Gasteiger partial charge < -0.3 is 14.7 Å². The van der Waals surface area contributed by atoms with Crippen LogP contribution >= 0.6 is 35.0 Å². The maximum Gasteiger partial charge on any atom is 0.247 e. The van der Waals surface area contributed by atoms with Gasteiger partial charge in [0.2, 0.25) is 11.8 Å².